The predicted molar refractivity (Wildman–Crippen MR) is 250 cm³/mol. The van der Waals surface area contributed by atoms with Crippen molar-refractivity contribution in [1.82, 2.24) is 9.13 Å². The van der Waals surface area contributed by atoms with Gasteiger partial charge in [-0.3, -0.25) is 0 Å². The second-order valence-corrected chi connectivity index (χ2v) is 20.8. The second kappa shape index (κ2) is 13.5. The molecule has 0 fully saturated rings. The lowest BCUT2D eigenvalue weighted by atomic mass is 9.86. The Kier molecular flexibility index (Phi) is 9.07. The van der Waals surface area contributed by atoms with E-state index in [-0.39, 0.29) is 21.7 Å². The van der Waals surface area contributed by atoms with E-state index in [1.807, 2.05) is 19.1 Å². The second-order valence-electron chi connectivity index (χ2n) is 20.8. The van der Waals surface area contributed by atoms with Crippen molar-refractivity contribution in [3.05, 3.63) is 142 Å². The fourth-order valence-electron chi connectivity index (χ4n) is 8.69. The van der Waals surface area contributed by atoms with Gasteiger partial charge >= 0.3 is 0 Å². The normalized spacial score (nSPS) is 12.8. The van der Waals surface area contributed by atoms with Gasteiger partial charge in [-0.25, -0.2) is 0 Å². The molecule has 4 nitrogen and oxygen atoms in total. The largest absolute Gasteiger partial charge is 0.307 e. The number of hydrogen-bond donors (Lipinski definition) is 0. The minimum Gasteiger partial charge on any atom is -0.307 e. The number of aromatic nitrogens is 2. The highest BCUT2D eigenvalue weighted by Crippen LogP contribution is 2.44. The third-order valence-electron chi connectivity index (χ3n) is 12.2. The number of aryl methyl sites for hydroxylation is 1. The Morgan fingerprint density at radius 3 is 1.08 bits per heavy atom. The van der Waals surface area contributed by atoms with Crippen molar-refractivity contribution in [1.29, 1.82) is 10.5 Å². The Hall–Kier alpha value is -6.10. The summed E-state index contributed by atoms with van der Waals surface area (Å²) in [6, 6.07) is 42.9. The van der Waals surface area contributed by atoms with Crippen molar-refractivity contribution in [2.75, 3.05) is 0 Å². The van der Waals surface area contributed by atoms with Crippen LogP contribution in [0, 0.1) is 29.6 Å². The average molecular weight is 773 g/mol. The fourth-order valence-corrected chi connectivity index (χ4v) is 8.69. The first-order chi connectivity index (χ1) is 27.6. The maximum Gasteiger partial charge on any atom is 0.0998 e. The van der Waals surface area contributed by atoms with Gasteiger partial charge < -0.3 is 9.13 Å². The summed E-state index contributed by atoms with van der Waals surface area (Å²) < 4.78 is 4.87. The molecule has 8 rings (SSSR count). The lowest BCUT2D eigenvalue weighted by Gasteiger charge is -2.23. The molecule has 0 amide bonds. The molecule has 6 aromatic carbocycles. The molecule has 8 aromatic rings. The molecule has 0 saturated carbocycles. The molecule has 0 aliphatic heterocycles. The zero-order valence-electron chi connectivity index (χ0n) is 37.1. The van der Waals surface area contributed by atoms with Gasteiger partial charge in [-0.05, 0) is 110 Å². The van der Waals surface area contributed by atoms with Gasteiger partial charge in [-0.15, -0.1) is 0 Å². The summed E-state index contributed by atoms with van der Waals surface area (Å²) in [6.07, 6.45) is 0. The molecule has 59 heavy (non-hydrogen) atoms. The van der Waals surface area contributed by atoms with Gasteiger partial charge in [-0.2, -0.15) is 10.5 Å². The number of nitriles is 2. The van der Waals surface area contributed by atoms with E-state index in [9.17, 15) is 10.5 Å². The average Bonchev–Trinajstić information content (AvgIpc) is 3.66. The van der Waals surface area contributed by atoms with Crippen molar-refractivity contribution in [2.24, 2.45) is 0 Å². The maximum absolute atomic E-state index is 11.1. The zero-order valence-corrected chi connectivity index (χ0v) is 37.1. The van der Waals surface area contributed by atoms with E-state index in [1.54, 1.807) is 0 Å². The van der Waals surface area contributed by atoms with Crippen LogP contribution in [0.15, 0.2) is 103 Å². The number of fused-ring (bicyclic) bond motifs is 6. The predicted octanol–water partition coefficient (Wildman–Crippen LogP) is 14.8. The summed E-state index contributed by atoms with van der Waals surface area (Å²) in [5.41, 5.74) is 14.7. The van der Waals surface area contributed by atoms with Gasteiger partial charge in [0.15, 0.2) is 0 Å². The molecule has 0 unspecified atom stereocenters. The first-order valence-electron chi connectivity index (χ1n) is 20.9. The lowest BCUT2D eigenvalue weighted by Crippen LogP contribution is -2.13. The van der Waals surface area contributed by atoms with E-state index in [0.29, 0.717) is 11.1 Å². The van der Waals surface area contributed by atoms with Gasteiger partial charge in [0.2, 0.25) is 0 Å². The summed E-state index contributed by atoms with van der Waals surface area (Å²) in [7, 11) is 0. The molecule has 0 N–H and O–H groups in total. The third kappa shape index (κ3) is 6.80. The van der Waals surface area contributed by atoms with Crippen LogP contribution in [0.1, 0.15) is 122 Å². The minimum absolute atomic E-state index is 0.0836. The van der Waals surface area contributed by atoms with Crippen LogP contribution in [0.5, 0.6) is 0 Å². The van der Waals surface area contributed by atoms with E-state index in [1.165, 1.54) is 43.8 Å². The quantitative estimate of drug-likeness (QED) is 0.180. The Bertz CT molecular complexity index is 2960. The Morgan fingerprint density at radius 1 is 0.407 bits per heavy atom. The maximum atomic E-state index is 11.1. The van der Waals surface area contributed by atoms with E-state index in [0.717, 1.165) is 50.1 Å². The van der Waals surface area contributed by atoms with Gasteiger partial charge in [0.25, 0.3) is 0 Å². The van der Waals surface area contributed by atoms with Gasteiger partial charge in [0, 0.05) is 27.1 Å². The van der Waals surface area contributed by atoms with Crippen molar-refractivity contribution >= 4 is 43.6 Å². The number of hydrogen-bond acceptors (Lipinski definition) is 2. The fraction of sp³-hybridized carbons (Fsp3) is 0.309. The molecule has 296 valence electrons. The molecular formula is C55H56N4. The van der Waals surface area contributed by atoms with Crippen LogP contribution in [0.2, 0.25) is 0 Å². The lowest BCUT2D eigenvalue weighted by molar-refractivity contribution is 0.590. The van der Waals surface area contributed by atoms with E-state index >= 15 is 0 Å². The number of rotatable bonds is 3. The summed E-state index contributed by atoms with van der Waals surface area (Å²) in [5.74, 6) is 0. The van der Waals surface area contributed by atoms with Crippen molar-refractivity contribution in [3.8, 4) is 34.6 Å². The molecular weight excluding hydrogens is 717 g/mol. The van der Waals surface area contributed by atoms with Gasteiger partial charge in [-0.1, -0.05) is 138 Å². The third-order valence-corrected chi connectivity index (χ3v) is 12.2. The Balaban J connectivity index is 1.64. The molecule has 2 heterocycles. The molecule has 0 saturated heterocycles. The summed E-state index contributed by atoms with van der Waals surface area (Å²) in [5, 5.41) is 25.9. The van der Waals surface area contributed by atoms with E-state index in [2.05, 4.69) is 195 Å². The first-order valence-corrected chi connectivity index (χ1v) is 20.9. The SMILES string of the molecule is Cc1cc(C#N)cc(-c2cc(-n3c4cc(C(C)(C)C)ccc4c4ccc(C(C)(C)C)cc43)c(-n3c4cc(C(C)(C)C)ccc4c4ccc(C(C)(C)C)cc43)cc2C#N)c1. The Labute approximate surface area is 350 Å². The number of nitrogens with zero attached hydrogens (tertiary/aromatic N) is 4. The van der Waals surface area contributed by atoms with Crippen LogP contribution < -0.4 is 0 Å². The molecule has 4 heteroatoms. The van der Waals surface area contributed by atoms with Crippen LogP contribution in [0.4, 0.5) is 0 Å². The summed E-state index contributed by atoms with van der Waals surface area (Å²) in [6.45, 7) is 29.2. The highest BCUT2D eigenvalue weighted by Gasteiger charge is 2.27. The van der Waals surface area contributed by atoms with Crippen molar-refractivity contribution in [3.63, 3.8) is 0 Å². The standard InChI is InChI=1S/C55H56N4/c1-33-22-34(31-56)24-35(23-33)45-30-51(59-48-28-39(54(8,9)10)16-20-43(48)44-21-17-40(29-49(44)59)55(11,12)13)50(25-36(45)32-57)58-46-26-37(52(2,3)4)14-18-41(46)42-19-15-38(27-47(42)58)53(5,6)7/h14-30H,1-13H3. The van der Waals surface area contributed by atoms with Crippen LogP contribution in [-0.2, 0) is 21.7 Å². The van der Waals surface area contributed by atoms with E-state index < -0.39 is 0 Å². The monoisotopic (exact) mass is 772 g/mol. The topological polar surface area (TPSA) is 57.4 Å². The molecule has 0 aliphatic rings. The highest BCUT2D eigenvalue weighted by molar-refractivity contribution is 6.12. The Morgan fingerprint density at radius 2 is 0.763 bits per heavy atom. The van der Waals surface area contributed by atoms with Crippen molar-refractivity contribution in [2.45, 2.75) is 112 Å². The van der Waals surface area contributed by atoms with Crippen LogP contribution in [0.3, 0.4) is 0 Å². The number of benzene rings is 6. The van der Waals surface area contributed by atoms with Crippen LogP contribution in [0.25, 0.3) is 66.1 Å². The summed E-state index contributed by atoms with van der Waals surface area (Å²) in [4.78, 5) is 0. The molecule has 0 atom stereocenters. The highest BCUT2D eigenvalue weighted by atomic mass is 15.1. The van der Waals surface area contributed by atoms with Gasteiger partial charge in [0.05, 0.1) is 56.7 Å². The molecule has 0 spiro atoms. The first kappa shape index (κ1) is 39.7. The molecule has 0 aliphatic carbocycles. The minimum atomic E-state index is -0.0838. The van der Waals surface area contributed by atoms with Crippen LogP contribution in [-0.4, -0.2) is 9.13 Å². The zero-order chi connectivity index (χ0) is 42.6. The molecule has 0 radical (unpaired) electrons. The molecule has 2 aromatic heterocycles. The van der Waals surface area contributed by atoms with Crippen LogP contribution >= 0.6 is 0 Å². The summed E-state index contributed by atoms with van der Waals surface area (Å²) >= 11 is 0. The van der Waals surface area contributed by atoms with E-state index in [4.69, 9.17) is 0 Å². The smallest absolute Gasteiger partial charge is 0.0998 e. The van der Waals surface area contributed by atoms with Gasteiger partial charge in [0.1, 0.15) is 0 Å². The molecule has 0 bridgehead atoms. The van der Waals surface area contributed by atoms with Crippen molar-refractivity contribution < 1.29 is 0 Å².